The molecule has 1 fully saturated rings. The van der Waals surface area contributed by atoms with Crippen LogP contribution < -0.4 is 4.90 Å². The van der Waals surface area contributed by atoms with E-state index in [1.54, 1.807) is 0 Å². The molecule has 0 unspecified atom stereocenters. The van der Waals surface area contributed by atoms with Crippen molar-refractivity contribution < 1.29 is 0 Å². The van der Waals surface area contributed by atoms with Crippen LogP contribution in [0.2, 0.25) is 0 Å². The molecule has 0 N–H and O–H groups in total. The monoisotopic (exact) mass is 279 g/mol. The molecule has 3 heteroatoms. The maximum atomic E-state index is 9.46. The first kappa shape index (κ1) is 13.9. The number of nitriles is 1. The van der Waals surface area contributed by atoms with Gasteiger partial charge in [0, 0.05) is 18.5 Å². The lowest BCUT2D eigenvalue weighted by molar-refractivity contribution is 0.549. The molecule has 3 nitrogen and oxygen atoms in total. The predicted molar refractivity (Wildman–Crippen MR) is 86.4 cm³/mol. The molecular weight excluding hydrogens is 258 g/mol. The van der Waals surface area contributed by atoms with Gasteiger partial charge in [-0.25, -0.2) is 4.98 Å². The Morgan fingerprint density at radius 3 is 2.57 bits per heavy atom. The molecule has 0 saturated heterocycles. The Labute approximate surface area is 126 Å². The van der Waals surface area contributed by atoms with Crippen molar-refractivity contribution in [3.8, 4) is 6.07 Å². The number of anilines is 1. The second-order valence-electron chi connectivity index (χ2n) is 5.92. The molecule has 1 aliphatic carbocycles. The molecule has 21 heavy (non-hydrogen) atoms. The molecule has 0 spiro atoms. The van der Waals surface area contributed by atoms with Gasteiger partial charge in [0.05, 0.1) is 11.1 Å². The van der Waals surface area contributed by atoms with Crippen molar-refractivity contribution in [2.75, 3.05) is 11.9 Å². The van der Waals surface area contributed by atoms with Gasteiger partial charge in [-0.1, -0.05) is 43.9 Å². The van der Waals surface area contributed by atoms with Crippen molar-refractivity contribution in [3.05, 3.63) is 35.9 Å². The fourth-order valence-electron chi connectivity index (χ4n) is 3.27. The summed E-state index contributed by atoms with van der Waals surface area (Å²) in [5.74, 6) is 0.836. The van der Waals surface area contributed by atoms with Crippen LogP contribution in [-0.2, 0) is 0 Å². The Morgan fingerprint density at radius 1 is 1.14 bits per heavy atom. The van der Waals surface area contributed by atoms with Crippen molar-refractivity contribution in [2.45, 2.75) is 44.6 Å². The van der Waals surface area contributed by atoms with Gasteiger partial charge in [0.2, 0.25) is 0 Å². The fraction of sp³-hybridized carbons (Fsp3) is 0.444. The molecule has 1 aromatic heterocycles. The van der Waals surface area contributed by atoms with Crippen LogP contribution in [0, 0.1) is 11.3 Å². The van der Waals surface area contributed by atoms with E-state index in [2.05, 4.69) is 18.0 Å². The highest BCUT2D eigenvalue weighted by atomic mass is 15.2. The molecule has 0 aliphatic heterocycles. The predicted octanol–water partition coefficient (Wildman–Crippen LogP) is 4.27. The third kappa shape index (κ3) is 2.85. The van der Waals surface area contributed by atoms with E-state index < -0.39 is 0 Å². The minimum absolute atomic E-state index is 0.508. The molecule has 0 bridgehead atoms. The van der Waals surface area contributed by atoms with E-state index in [9.17, 15) is 5.26 Å². The van der Waals surface area contributed by atoms with Crippen LogP contribution in [0.5, 0.6) is 0 Å². The van der Waals surface area contributed by atoms with E-state index in [0.29, 0.717) is 11.6 Å². The van der Waals surface area contributed by atoms with E-state index in [0.717, 1.165) is 16.7 Å². The fourth-order valence-corrected chi connectivity index (χ4v) is 3.27. The SMILES string of the molecule is CN(c1nc2ccccc2cc1C#N)C1CCCCCC1. The summed E-state index contributed by atoms with van der Waals surface area (Å²) >= 11 is 0. The van der Waals surface area contributed by atoms with Gasteiger partial charge in [0.15, 0.2) is 0 Å². The lowest BCUT2D eigenvalue weighted by Crippen LogP contribution is -2.32. The van der Waals surface area contributed by atoms with Gasteiger partial charge >= 0.3 is 0 Å². The zero-order chi connectivity index (χ0) is 14.7. The number of rotatable bonds is 2. The lowest BCUT2D eigenvalue weighted by Gasteiger charge is -2.29. The van der Waals surface area contributed by atoms with E-state index in [-0.39, 0.29) is 0 Å². The minimum atomic E-state index is 0.508. The Balaban J connectivity index is 1.99. The number of fused-ring (bicyclic) bond motifs is 1. The summed E-state index contributed by atoms with van der Waals surface area (Å²) in [5.41, 5.74) is 1.65. The number of hydrogen-bond donors (Lipinski definition) is 0. The van der Waals surface area contributed by atoms with Gasteiger partial charge in [-0.3, -0.25) is 0 Å². The van der Waals surface area contributed by atoms with Crippen molar-refractivity contribution in [3.63, 3.8) is 0 Å². The summed E-state index contributed by atoms with van der Waals surface area (Å²) in [6.45, 7) is 0. The molecule has 0 atom stereocenters. The topological polar surface area (TPSA) is 39.9 Å². The summed E-state index contributed by atoms with van der Waals surface area (Å²) in [6.07, 6.45) is 7.64. The van der Waals surface area contributed by atoms with Gasteiger partial charge in [0.1, 0.15) is 11.9 Å². The minimum Gasteiger partial charge on any atom is -0.356 e. The largest absolute Gasteiger partial charge is 0.356 e. The second kappa shape index (κ2) is 6.13. The zero-order valence-corrected chi connectivity index (χ0v) is 12.5. The number of aromatic nitrogens is 1. The second-order valence-corrected chi connectivity index (χ2v) is 5.92. The maximum absolute atomic E-state index is 9.46. The molecular formula is C18H21N3. The van der Waals surface area contributed by atoms with Gasteiger partial charge in [-0.05, 0) is 25.0 Å². The number of hydrogen-bond acceptors (Lipinski definition) is 3. The van der Waals surface area contributed by atoms with Gasteiger partial charge in [-0.15, -0.1) is 0 Å². The molecule has 3 rings (SSSR count). The Bertz CT molecular complexity index is 664. The van der Waals surface area contributed by atoms with Crippen LogP contribution in [-0.4, -0.2) is 18.1 Å². The quantitative estimate of drug-likeness (QED) is 0.771. The smallest absolute Gasteiger partial charge is 0.147 e. The summed E-state index contributed by atoms with van der Waals surface area (Å²) in [6, 6.07) is 12.8. The van der Waals surface area contributed by atoms with Crippen LogP contribution >= 0.6 is 0 Å². The number of benzene rings is 1. The van der Waals surface area contributed by atoms with Crippen molar-refractivity contribution >= 4 is 16.7 Å². The van der Waals surface area contributed by atoms with Gasteiger partial charge in [-0.2, -0.15) is 5.26 Å². The normalized spacial score (nSPS) is 16.4. The highest BCUT2D eigenvalue weighted by Gasteiger charge is 2.20. The summed E-state index contributed by atoms with van der Waals surface area (Å²) < 4.78 is 0. The maximum Gasteiger partial charge on any atom is 0.147 e. The molecule has 1 aliphatic rings. The van der Waals surface area contributed by atoms with E-state index in [1.807, 2.05) is 30.3 Å². The van der Waals surface area contributed by atoms with E-state index >= 15 is 0 Å². The molecule has 1 saturated carbocycles. The van der Waals surface area contributed by atoms with Crippen LogP contribution in [0.4, 0.5) is 5.82 Å². The van der Waals surface area contributed by atoms with E-state index in [4.69, 9.17) is 4.98 Å². The number of para-hydroxylation sites is 1. The zero-order valence-electron chi connectivity index (χ0n) is 12.5. The van der Waals surface area contributed by atoms with E-state index in [1.165, 1.54) is 38.5 Å². The first-order valence-electron chi connectivity index (χ1n) is 7.82. The summed E-state index contributed by atoms with van der Waals surface area (Å²) in [5, 5.41) is 10.5. The van der Waals surface area contributed by atoms with Crippen LogP contribution in [0.25, 0.3) is 10.9 Å². The average molecular weight is 279 g/mol. The standard InChI is InChI=1S/C18H21N3/c1-21(16-9-4-2-3-5-10-16)18-15(13-19)12-14-8-6-7-11-17(14)20-18/h6-8,11-12,16H,2-5,9-10H2,1H3. The van der Waals surface area contributed by atoms with Crippen LogP contribution in [0.1, 0.15) is 44.1 Å². The molecule has 0 amide bonds. The average Bonchev–Trinajstić information content (AvgIpc) is 2.82. The Hall–Kier alpha value is -2.08. The number of nitrogens with zero attached hydrogens (tertiary/aromatic N) is 3. The highest BCUT2D eigenvalue weighted by molar-refractivity contribution is 5.83. The summed E-state index contributed by atoms with van der Waals surface area (Å²) in [4.78, 5) is 6.99. The third-order valence-electron chi connectivity index (χ3n) is 4.53. The van der Waals surface area contributed by atoms with Gasteiger partial charge < -0.3 is 4.90 Å². The molecule has 1 aromatic carbocycles. The molecule has 2 aromatic rings. The lowest BCUT2D eigenvalue weighted by atomic mass is 10.1. The summed E-state index contributed by atoms with van der Waals surface area (Å²) in [7, 11) is 2.09. The van der Waals surface area contributed by atoms with Gasteiger partial charge in [0.25, 0.3) is 0 Å². The third-order valence-corrected chi connectivity index (χ3v) is 4.53. The van der Waals surface area contributed by atoms with Crippen LogP contribution in [0.3, 0.4) is 0 Å². The first-order valence-corrected chi connectivity index (χ1v) is 7.82. The Kier molecular flexibility index (Phi) is 4.06. The van der Waals surface area contributed by atoms with Crippen molar-refractivity contribution in [1.29, 1.82) is 5.26 Å². The molecule has 1 heterocycles. The van der Waals surface area contributed by atoms with Crippen molar-refractivity contribution in [1.82, 2.24) is 4.98 Å². The molecule has 108 valence electrons. The Morgan fingerprint density at radius 2 is 1.86 bits per heavy atom. The molecule has 0 radical (unpaired) electrons. The number of pyridine rings is 1. The highest BCUT2D eigenvalue weighted by Crippen LogP contribution is 2.28. The van der Waals surface area contributed by atoms with Crippen LogP contribution in [0.15, 0.2) is 30.3 Å². The first-order chi connectivity index (χ1) is 10.3. The van der Waals surface area contributed by atoms with Crippen molar-refractivity contribution in [2.24, 2.45) is 0 Å².